The molecule has 0 atom stereocenters. The SMILES string of the molecule is Nc1cc(C#Cc2cnc3cnc(-c4cccc(Cl)c4)cn23)ccn1. The van der Waals surface area contributed by atoms with Gasteiger partial charge in [-0.15, -0.1) is 0 Å². The summed E-state index contributed by atoms with van der Waals surface area (Å²) in [5, 5.41) is 0.667. The number of nitrogens with two attached hydrogens (primary N) is 1. The standard InChI is InChI=1S/C19H12ClN5/c20-15-3-1-2-14(9-15)17-12-25-16(10-24-19(25)11-23-17)5-4-13-6-7-22-18(21)8-13/h1-3,6-12H,(H2,21,22). The van der Waals surface area contributed by atoms with Gasteiger partial charge in [0.1, 0.15) is 11.5 Å². The van der Waals surface area contributed by atoms with Crippen LogP contribution >= 0.6 is 11.6 Å². The maximum absolute atomic E-state index is 6.07. The average molecular weight is 346 g/mol. The van der Waals surface area contributed by atoms with Gasteiger partial charge in [0, 0.05) is 28.5 Å². The lowest BCUT2D eigenvalue weighted by molar-refractivity contribution is 1.12. The second-order valence-electron chi connectivity index (χ2n) is 5.37. The maximum atomic E-state index is 6.07. The molecule has 0 radical (unpaired) electrons. The van der Waals surface area contributed by atoms with Crippen molar-refractivity contribution in [3.8, 4) is 23.1 Å². The molecule has 120 valence electrons. The zero-order valence-electron chi connectivity index (χ0n) is 13.0. The normalized spacial score (nSPS) is 10.4. The highest BCUT2D eigenvalue weighted by molar-refractivity contribution is 6.30. The number of imidazole rings is 1. The number of pyridine rings is 1. The molecule has 4 aromatic rings. The summed E-state index contributed by atoms with van der Waals surface area (Å²) in [6.07, 6.45) is 6.97. The number of nitrogen functional groups attached to an aromatic ring is 1. The number of hydrogen-bond donors (Lipinski definition) is 1. The number of aromatic nitrogens is 4. The summed E-state index contributed by atoms with van der Waals surface area (Å²) < 4.78 is 1.90. The van der Waals surface area contributed by atoms with E-state index in [9.17, 15) is 0 Å². The Bertz CT molecular complexity index is 1140. The number of halogens is 1. The van der Waals surface area contributed by atoms with Crippen molar-refractivity contribution in [2.45, 2.75) is 0 Å². The lowest BCUT2D eigenvalue weighted by Gasteiger charge is -2.03. The second-order valence-corrected chi connectivity index (χ2v) is 5.81. The minimum Gasteiger partial charge on any atom is -0.384 e. The number of benzene rings is 1. The van der Waals surface area contributed by atoms with Gasteiger partial charge in [0.25, 0.3) is 0 Å². The Labute approximate surface area is 149 Å². The molecule has 0 amide bonds. The molecule has 0 fully saturated rings. The molecule has 0 saturated carbocycles. The largest absolute Gasteiger partial charge is 0.384 e. The van der Waals surface area contributed by atoms with Crippen molar-refractivity contribution < 1.29 is 0 Å². The van der Waals surface area contributed by atoms with Crippen molar-refractivity contribution in [2.75, 3.05) is 5.73 Å². The van der Waals surface area contributed by atoms with Crippen molar-refractivity contribution in [3.63, 3.8) is 0 Å². The summed E-state index contributed by atoms with van der Waals surface area (Å²) in [5.41, 5.74) is 9.69. The van der Waals surface area contributed by atoms with E-state index < -0.39 is 0 Å². The molecule has 0 spiro atoms. The second kappa shape index (κ2) is 6.27. The molecule has 6 heteroatoms. The Morgan fingerprint density at radius 2 is 1.92 bits per heavy atom. The number of fused-ring (bicyclic) bond motifs is 1. The van der Waals surface area contributed by atoms with Crippen LogP contribution in [0.5, 0.6) is 0 Å². The summed E-state index contributed by atoms with van der Waals surface area (Å²) >= 11 is 6.07. The van der Waals surface area contributed by atoms with Crippen molar-refractivity contribution in [1.82, 2.24) is 19.4 Å². The van der Waals surface area contributed by atoms with E-state index in [1.807, 2.05) is 40.9 Å². The van der Waals surface area contributed by atoms with E-state index in [1.54, 1.807) is 24.7 Å². The summed E-state index contributed by atoms with van der Waals surface area (Å²) in [5.74, 6) is 6.63. The maximum Gasteiger partial charge on any atom is 0.156 e. The monoisotopic (exact) mass is 345 g/mol. The van der Waals surface area contributed by atoms with E-state index in [1.165, 1.54) is 0 Å². The van der Waals surface area contributed by atoms with Gasteiger partial charge in [-0.05, 0) is 30.2 Å². The molecule has 3 aromatic heterocycles. The summed E-state index contributed by atoms with van der Waals surface area (Å²) in [4.78, 5) is 12.7. The Balaban J connectivity index is 1.77. The first-order valence-electron chi connectivity index (χ1n) is 7.52. The number of hydrogen-bond acceptors (Lipinski definition) is 4. The molecule has 0 aliphatic rings. The van der Waals surface area contributed by atoms with Gasteiger partial charge in [-0.25, -0.2) is 9.97 Å². The average Bonchev–Trinajstić information content (AvgIpc) is 3.02. The zero-order chi connectivity index (χ0) is 17.2. The molecule has 0 unspecified atom stereocenters. The van der Waals surface area contributed by atoms with Crippen LogP contribution in [0.25, 0.3) is 16.9 Å². The number of anilines is 1. The van der Waals surface area contributed by atoms with Gasteiger partial charge < -0.3 is 5.73 Å². The third kappa shape index (κ3) is 3.16. The first kappa shape index (κ1) is 15.2. The highest BCUT2D eigenvalue weighted by Gasteiger charge is 2.05. The molecule has 3 heterocycles. The highest BCUT2D eigenvalue weighted by atomic mass is 35.5. The first-order chi connectivity index (χ1) is 12.2. The van der Waals surface area contributed by atoms with Crippen LogP contribution < -0.4 is 5.73 Å². The summed E-state index contributed by atoms with van der Waals surface area (Å²) in [6, 6.07) is 11.1. The van der Waals surface area contributed by atoms with E-state index in [2.05, 4.69) is 26.8 Å². The molecule has 0 aliphatic heterocycles. The van der Waals surface area contributed by atoms with Gasteiger partial charge in [-0.3, -0.25) is 9.38 Å². The topological polar surface area (TPSA) is 69.1 Å². The van der Waals surface area contributed by atoms with Crippen LogP contribution in [-0.4, -0.2) is 19.4 Å². The first-order valence-corrected chi connectivity index (χ1v) is 7.89. The van der Waals surface area contributed by atoms with E-state index in [-0.39, 0.29) is 0 Å². The van der Waals surface area contributed by atoms with E-state index in [0.29, 0.717) is 10.8 Å². The minimum absolute atomic E-state index is 0.442. The molecule has 5 nitrogen and oxygen atoms in total. The molecule has 4 rings (SSSR count). The fourth-order valence-electron chi connectivity index (χ4n) is 2.44. The van der Waals surface area contributed by atoms with Crippen LogP contribution in [0.4, 0.5) is 5.82 Å². The van der Waals surface area contributed by atoms with Crippen LogP contribution in [0.2, 0.25) is 5.02 Å². The molecule has 25 heavy (non-hydrogen) atoms. The number of nitrogens with zero attached hydrogens (tertiary/aromatic N) is 4. The van der Waals surface area contributed by atoms with Crippen molar-refractivity contribution in [2.24, 2.45) is 0 Å². The van der Waals surface area contributed by atoms with Gasteiger partial charge in [0.2, 0.25) is 0 Å². The van der Waals surface area contributed by atoms with Crippen LogP contribution in [0.1, 0.15) is 11.3 Å². The Hall–Kier alpha value is -3.36. The third-order valence-electron chi connectivity index (χ3n) is 3.63. The van der Waals surface area contributed by atoms with Crippen LogP contribution in [0.15, 0.2) is 61.2 Å². The van der Waals surface area contributed by atoms with Gasteiger partial charge in [0.05, 0.1) is 18.1 Å². The molecular formula is C19H12ClN5. The summed E-state index contributed by atoms with van der Waals surface area (Å²) in [7, 11) is 0. The van der Waals surface area contributed by atoms with Gasteiger partial charge in [0.15, 0.2) is 5.65 Å². The Kier molecular flexibility index (Phi) is 3.81. The summed E-state index contributed by atoms with van der Waals surface area (Å²) in [6.45, 7) is 0. The fourth-order valence-corrected chi connectivity index (χ4v) is 2.63. The fraction of sp³-hybridized carbons (Fsp3) is 0. The van der Waals surface area contributed by atoms with Gasteiger partial charge in [-0.2, -0.15) is 0 Å². The van der Waals surface area contributed by atoms with Crippen LogP contribution in [-0.2, 0) is 0 Å². The molecule has 0 bridgehead atoms. The quantitative estimate of drug-likeness (QED) is 0.537. The molecule has 0 saturated heterocycles. The third-order valence-corrected chi connectivity index (χ3v) is 3.87. The smallest absolute Gasteiger partial charge is 0.156 e. The van der Waals surface area contributed by atoms with E-state index in [4.69, 9.17) is 17.3 Å². The van der Waals surface area contributed by atoms with Crippen molar-refractivity contribution >= 4 is 23.1 Å². The van der Waals surface area contributed by atoms with Crippen LogP contribution in [0.3, 0.4) is 0 Å². The highest BCUT2D eigenvalue weighted by Crippen LogP contribution is 2.21. The van der Waals surface area contributed by atoms with Crippen molar-refractivity contribution in [3.05, 3.63) is 77.5 Å². The predicted octanol–water partition coefficient (Wildman–Crippen LogP) is 3.43. The predicted molar refractivity (Wildman–Crippen MR) is 98.1 cm³/mol. The zero-order valence-corrected chi connectivity index (χ0v) is 13.8. The minimum atomic E-state index is 0.442. The van der Waals surface area contributed by atoms with Crippen molar-refractivity contribution in [1.29, 1.82) is 0 Å². The lowest BCUT2D eigenvalue weighted by atomic mass is 10.2. The van der Waals surface area contributed by atoms with Gasteiger partial charge >= 0.3 is 0 Å². The van der Waals surface area contributed by atoms with Gasteiger partial charge in [-0.1, -0.05) is 29.7 Å². The van der Waals surface area contributed by atoms with E-state index >= 15 is 0 Å². The molecule has 2 N–H and O–H groups in total. The van der Waals surface area contributed by atoms with Crippen LogP contribution in [0, 0.1) is 11.8 Å². The lowest BCUT2D eigenvalue weighted by Crippen LogP contribution is -1.93. The molecule has 1 aromatic carbocycles. The Morgan fingerprint density at radius 1 is 1.00 bits per heavy atom. The Morgan fingerprint density at radius 3 is 2.76 bits per heavy atom. The molecule has 0 aliphatic carbocycles. The number of rotatable bonds is 1. The van der Waals surface area contributed by atoms with E-state index in [0.717, 1.165) is 28.2 Å². The molecular weight excluding hydrogens is 334 g/mol.